The van der Waals surface area contributed by atoms with Crippen molar-refractivity contribution in [2.45, 2.75) is 6.10 Å². The lowest BCUT2D eigenvalue weighted by atomic mass is 10.1. The summed E-state index contributed by atoms with van der Waals surface area (Å²) in [5.41, 5.74) is 0.971. The smallest absolute Gasteiger partial charge is 0.254 e. The van der Waals surface area contributed by atoms with E-state index in [1.165, 1.54) is 12.1 Å². The number of halogens is 4. The van der Waals surface area contributed by atoms with E-state index in [0.29, 0.717) is 34.3 Å². The number of ether oxygens (including phenoxy) is 1. The van der Waals surface area contributed by atoms with Gasteiger partial charge in [0.15, 0.2) is 0 Å². The van der Waals surface area contributed by atoms with Crippen LogP contribution in [0.5, 0.6) is 0 Å². The molecule has 24 heavy (non-hydrogen) atoms. The highest BCUT2D eigenvalue weighted by atomic mass is 35.5. The lowest BCUT2D eigenvalue weighted by molar-refractivity contribution is -0.0228. The number of hydrogen-bond donors (Lipinski definition) is 0. The van der Waals surface area contributed by atoms with Crippen molar-refractivity contribution < 1.29 is 13.9 Å². The van der Waals surface area contributed by atoms with E-state index in [2.05, 4.69) is 0 Å². The SMILES string of the molecule is O=C(c1cccc(Cl)c1)N1CCOC(c2cc(F)c(Cl)cc2Cl)C1. The molecule has 7 heteroatoms. The van der Waals surface area contributed by atoms with Gasteiger partial charge in [0.1, 0.15) is 11.9 Å². The summed E-state index contributed by atoms with van der Waals surface area (Å²) in [7, 11) is 0. The van der Waals surface area contributed by atoms with Crippen LogP contribution in [0.3, 0.4) is 0 Å². The Morgan fingerprint density at radius 3 is 2.71 bits per heavy atom. The molecule has 2 aromatic rings. The third-order valence-electron chi connectivity index (χ3n) is 3.81. The number of carbonyl (C=O) groups is 1. The standard InChI is InChI=1S/C17H13Cl3FNO2/c18-11-3-1-2-10(6-11)17(23)22-4-5-24-16(9-22)12-7-15(21)14(20)8-13(12)19/h1-3,6-8,16H,4-5,9H2. The van der Waals surface area contributed by atoms with E-state index in [0.717, 1.165) is 0 Å². The molecule has 1 unspecified atom stereocenters. The Bertz CT molecular complexity index is 784. The number of hydrogen-bond acceptors (Lipinski definition) is 2. The van der Waals surface area contributed by atoms with Crippen molar-refractivity contribution in [3.8, 4) is 0 Å². The van der Waals surface area contributed by atoms with Gasteiger partial charge in [-0.05, 0) is 30.3 Å². The minimum absolute atomic E-state index is 0.0496. The molecule has 0 aromatic heterocycles. The first-order chi connectivity index (χ1) is 11.5. The van der Waals surface area contributed by atoms with Gasteiger partial charge in [-0.2, -0.15) is 0 Å². The lowest BCUT2D eigenvalue weighted by Gasteiger charge is -2.33. The molecule has 1 fully saturated rings. The lowest BCUT2D eigenvalue weighted by Crippen LogP contribution is -2.42. The average Bonchev–Trinajstić information content (AvgIpc) is 2.57. The van der Waals surface area contributed by atoms with Crippen molar-refractivity contribution in [1.29, 1.82) is 0 Å². The Balaban J connectivity index is 1.82. The van der Waals surface area contributed by atoms with Gasteiger partial charge in [0.2, 0.25) is 0 Å². The van der Waals surface area contributed by atoms with Gasteiger partial charge < -0.3 is 9.64 Å². The summed E-state index contributed by atoms with van der Waals surface area (Å²) in [6.07, 6.45) is -0.513. The van der Waals surface area contributed by atoms with Crippen molar-refractivity contribution >= 4 is 40.7 Å². The summed E-state index contributed by atoms with van der Waals surface area (Å²) < 4.78 is 19.4. The molecule has 1 heterocycles. The number of morpholine rings is 1. The van der Waals surface area contributed by atoms with E-state index in [1.54, 1.807) is 29.2 Å². The number of carbonyl (C=O) groups excluding carboxylic acids is 1. The summed E-state index contributed by atoms with van der Waals surface area (Å²) >= 11 is 17.8. The van der Waals surface area contributed by atoms with Gasteiger partial charge >= 0.3 is 0 Å². The van der Waals surface area contributed by atoms with Gasteiger partial charge in [-0.3, -0.25) is 4.79 Å². The minimum Gasteiger partial charge on any atom is -0.370 e. The molecule has 1 amide bonds. The first kappa shape index (κ1) is 17.5. The Labute approximate surface area is 153 Å². The number of amides is 1. The quantitative estimate of drug-likeness (QED) is 0.678. The third kappa shape index (κ3) is 3.67. The highest BCUT2D eigenvalue weighted by Crippen LogP contribution is 2.32. The molecule has 0 aliphatic carbocycles. The molecule has 1 saturated heterocycles. The average molecular weight is 389 g/mol. The minimum atomic E-state index is -0.571. The number of nitrogens with zero attached hydrogens (tertiary/aromatic N) is 1. The van der Waals surface area contributed by atoms with Crippen LogP contribution in [0.15, 0.2) is 36.4 Å². The maximum atomic E-state index is 13.7. The van der Waals surface area contributed by atoms with E-state index in [-0.39, 0.29) is 17.5 Å². The molecule has 0 spiro atoms. The van der Waals surface area contributed by atoms with Gasteiger partial charge in [0.05, 0.1) is 18.2 Å². The fraction of sp³-hybridized carbons (Fsp3) is 0.235. The molecule has 0 radical (unpaired) electrons. The van der Waals surface area contributed by atoms with Crippen molar-refractivity contribution in [3.05, 3.63) is 68.4 Å². The van der Waals surface area contributed by atoms with Gasteiger partial charge in [0, 0.05) is 27.7 Å². The summed E-state index contributed by atoms with van der Waals surface area (Å²) in [6, 6.07) is 9.34. The largest absolute Gasteiger partial charge is 0.370 e. The molecule has 1 aliphatic rings. The highest BCUT2D eigenvalue weighted by Gasteiger charge is 2.28. The molecular weight excluding hydrogens is 376 g/mol. The Morgan fingerprint density at radius 2 is 1.96 bits per heavy atom. The maximum absolute atomic E-state index is 13.7. The van der Waals surface area contributed by atoms with Gasteiger partial charge in [-0.25, -0.2) is 4.39 Å². The number of benzene rings is 2. The molecule has 1 atom stereocenters. The van der Waals surface area contributed by atoms with Crippen LogP contribution < -0.4 is 0 Å². The van der Waals surface area contributed by atoms with Crippen molar-refractivity contribution in [3.63, 3.8) is 0 Å². The van der Waals surface area contributed by atoms with Crippen molar-refractivity contribution in [1.82, 2.24) is 4.90 Å². The molecule has 2 aromatic carbocycles. The van der Waals surface area contributed by atoms with E-state index >= 15 is 0 Å². The topological polar surface area (TPSA) is 29.5 Å². The summed E-state index contributed by atoms with van der Waals surface area (Å²) in [4.78, 5) is 14.3. The van der Waals surface area contributed by atoms with Gasteiger partial charge in [-0.15, -0.1) is 0 Å². The van der Waals surface area contributed by atoms with E-state index in [9.17, 15) is 9.18 Å². The molecule has 1 aliphatic heterocycles. The highest BCUT2D eigenvalue weighted by molar-refractivity contribution is 6.35. The predicted molar refractivity (Wildman–Crippen MR) is 92.5 cm³/mol. The Kier molecular flexibility index (Phi) is 5.30. The summed E-state index contributed by atoms with van der Waals surface area (Å²) in [5.74, 6) is -0.727. The second-order valence-corrected chi connectivity index (χ2v) is 6.66. The molecule has 0 N–H and O–H groups in total. The summed E-state index contributed by atoms with van der Waals surface area (Å²) in [5, 5.41) is 0.753. The molecule has 0 saturated carbocycles. The van der Waals surface area contributed by atoms with Crippen LogP contribution >= 0.6 is 34.8 Å². The third-order valence-corrected chi connectivity index (χ3v) is 4.66. The van der Waals surface area contributed by atoms with Crippen LogP contribution in [0.1, 0.15) is 22.0 Å². The van der Waals surface area contributed by atoms with Crippen LogP contribution in [0.2, 0.25) is 15.1 Å². The van der Waals surface area contributed by atoms with E-state index in [4.69, 9.17) is 39.5 Å². The zero-order valence-corrected chi connectivity index (χ0v) is 14.7. The molecule has 126 valence electrons. The molecule has 0 bridgehead atoms. The van der Waals surface area contributed by atoms with Crippen molar-refractivity contribution in [2.24, 2.45) is 0 Å². The number of rotatable bonds is 2. The van der Waals surface area contributed by atoms with Crippen LogP contribution in [-0.2, 0) is 4.74 Å². The molecule has 3 rings (SSSR count). The second-order valence-electron chi connectivity index (χ2n) is 5.41. The van der Waals surface area contributed by atoms with Crippen LogP contribution in [0.4, 0.5) is 4.39 Å². The summed E-state index contributed by atoms with van der Waals surface area (Å²) in [6.45, 7) is 1.04. The van der Waals surface area contributed by atoms with Crippen LogP contribution in [0, 0.1) is 5.82 Å². The fourth-order valence-corrected chi connectivity index (χ4v) is 3.31. The van der Waals surface area contributed by atoms with E-state index in [1.807, 2.05) is 0 Å². The maximum Gasteiger partial charge on any atom is 0.254 e. The Hall–Kier alpha value is -1.33. The first-order valence-corrected chi connectivity index (χ1v) is 8.40. The zero-order chi connectivity index (χ0) is 17.3. The Morgan fingerprint density at radius 1 is 1.17 bits per heavy atom. The second kappa shape index (κ2) is 7.28. The van der Waals surface area contributed by atoms with Crippen LogP contribution in [-0.4, -0.2) is 30.5 Å². The van der Waals surface area contributed by atoms with Gasteiger partial charge in [-0.1, -0.05) is 40.9 Å². The fourth-order valence-electron chi connectivity index (χ4n) is 2.61. The first-order valence-electron chi connectivity index (χ1n) is 7.26. The van der Waals surface area contributed by atoms with E-state index < -0.39 is 11.9 Å². The van der Waals surface area contributed by atoms with Crippen molar-refractivity contribution in [2.75, 3.05) is 19.7 Å². The zero-order valence-electron chi connectivity index (χ0n) is 12.4. The van der Waals surface area contributed by atoms with Crippen LogP contribution in [0.25, 0.3) is 0 Å². The normalized spacial score (nSPS) is 17.8. The molecular formula is C17H13Cl3FNO2. The monoisotopic (exact) mass is 387 g/mol. The molecule has 3 nitrogen and oxygen atoms in total. The predicted octanol–water partition coefficient (Wildman–Crippen LogP) is 5.00. The van der Waals surface area contributed by atoms with Gasteiger partial charge in [0.25, 0.3) is 5.91 Å².